The van der Waals surface area contributed by atoms with Gasteiger partial charge in [-0.2, -0.15) is 0 Å². The fourth-order valence-corrected chi connectivity index (χ4v) is 2.85. The molecule has 1 fully saturated rings. The van der Waals surface area contributed by atoms with Gasteiger partial charge in [-0.25, -0.2) is 0 Å². The third kappa shape index (κ3) is 3.95. The third-order valence-electron chi connectivity index (χ3n) is 3.40. The third-order valence-corrected chi connectivity index (χ3v) is 4.30. The van der Waals surface area contributed by atoms with E-state index in [1.165, 1.54) is 0 Å². The van der Waals surface area contributed by atoms with Gasteiger partial charge in [-0.1, -0.05) is 30.3 Å². The molecule has 0 aliphatic carbocycles. The van der Waals surface area contributed by atoms with E-state index in [-0.39, 0.29) is 5.25 Å². The molecule has 21 heavy (non-hydrogen) atoms. The summed E-state index contributed by atoms with van der Waals surface area (Å²) in [6.07, 6.45) is -6.68. The summed E-state index contributed by atoms with van der Waals surface area (Å²) in [4.78, 5) is 0. The van der Waals surface area contributed by atoms with E-state index >= 15 is 0 Å². The van der Waals surface area contributed by atoms with Crippen LogP contribution in [0, 0.1) is 0 Å². The maximum atomic E-state index is 11.8. The summed E-state index contributed by atoms with van der Waals surface area (Å²) in [5.74, 6) is 0. The molecule has 1 heterocycles. The van der Waals surface area contributed by atoms with Crippen molar-refractivity contribution in [3.63, 3.8) is 0 Å². The summed E-state index contributed by atoms with van der Waals surface area (Å²) < 4.78 is 10.3. The van der Waals surface area contributed by atoms with Crippen molar-refractivity contribution in [2.24, 2.45) is 0 Å². The van der Waals surface area contributed by atoms with Crippen LogP contribution in [0.4, 0.5) is 0 Å². The van der Waals surface area contributed by atoms with Gasteiger partial charge in [0.15, 0.2) is 0 Å². The highest BCUT2D eigenvalue weighted by atomic mass is 32.2. The van der Waals surface area contributed by atoms with Gasteiger partial charge in [-0.3, -0.25) is 0 Å². The van der Waals surface area contributed by atoms with E-state index in [9.17, 15) is 15.3 Å². The maximum Gasteiger partial charge on any atom is 0.112 e. The lowest BCUT2D eigenvalue weighted by molar-refractivity contribution is -0.529. The minimum absolute atomic E-state index is 0.0432. The number of hydrogen-bond donors (Lipinski definition) is 3. The zero-order valence-corrected chi connectivity index (χ0v) is 12.3. The molecule has 1 aromatic rings. The Balaban J connectivity index is 1.93. The highest BCUT2D eigenvalue weighted by Crippen LogP contribution is 2.32. The van der Waals surface area contributed by atoms with Gasteiger partial charge in [0, 0.05) is 6.29 Å². The van der Waals surface area contributed by atoms with Crippen molar-refractivity contribution in [2.75, 3.05) is 6.61 Å². The number of hydrogen-bond acceptors (Lipinski definition) is 7. The summed E-state index contributed by atoms with van der Waals surface area (Å²) >= 11 is 1.04. The van der Waals surface area contributed by atoms with Crippen molar-refractivity contribution in [1.82, 2.24) is 0 Å². The molecule has 0 spiro atoms. The number of benzene rings is 1. The van der Waals surface area contributed by atoms with Crippen molar-refractivity contribution in [3.05, 3.63) is 35.9 Å². The van der Waals surface area contributed by atoms with Gasteiger partial charge in [0.1, 0.15) is 24.4 Å². The van der Waals surface area contributed by atoms with Gasteiger partial charge in [-0.15, -0.1) is 0 Å². The molecule has 0 aromatic heterocycles. The molecule has 3 N–H and O–H groups in total. The van der Waals surface area contributed by atoms with Crippen molar-refractivity contribution in [3.8, 4) is 0 Å². The van der Waals surface area contributed by atoms with Crippen LogP contribution in [0.15, 0.2) is 30.3 Å². The van der Waals surface area contributed by atoms with Crippen LogP contribution < -0.4 is 5.11 Å². The van der Waals surface area contributed by atoms with Crippen LogP contribution in [-0.4, -0.2) is 52.6 Å². The normalized spacial score (nSPS) is 34.6. The molecular weight excluding hydrogens is 296 g/mol. The lowest BCUT2D eigenvalue weighted by atomic mass is 9.99. The van der Waals surface area contributed by atoms with Crippen LogP contribution in [0.2, 0.25) is 0 Å². The lowest BCUT2D eigenvalue weighted by Gasteiger charge is -2.45. The summed E-state index contributed by atoms with van der Waals surface area (Å²) in [6, 6.07) is 9.56. The summed E-state index contributed by atoms with van der Waals surface area (Å²) in [6.45, 7) is 1.38. The molecule has 7 heteroatoms. The average molecular weight is 315 g/mol. The van der Waals surface area contributed by atoms with Crippen molar-refractivity contribution < 1.29 is 29.3 Å². The van der Waals surface area contributed by atoms with E-state index in [0.717, 1.165) is 17.6 Å². The Labute approximate surface area is 127 Å². The van der Waals surface area contributed by atoms with Gasteiger partial charge in [0.25, 0.3) is 0 Å². The van der Waals surface area contributed by atoms with E-state index in [2.05, 4.69) is 0 Å². The Kier molecular flexibility index (Phi) is 6.00. The minimum atomic E-state index is -1.66. The van der Waals surface area contributed by atoms with E-state index < -0.39 is 37.3 Å². The Morgan fingerprint density at radius 1 is 1.29 bits per heavy atom. The molecule has 2 rings (SSSR count). The largest absolute Gasteiger partial charge is 0.829 e. The van der Waals surface area contributed by atoms with Gasteiger partial charge < -0.3 is 29.3 Å². The SMILES string of the molecule is CC(SO[C@@H]1[C@@H](O)[C@@H](O)[C@@H](CO)O[C@H]1[O-])c1ccccc1. The minimum Gasteiger partial charge on any atom is -0.829 e. The van der Waals surface area contributed by atoms with Crippen LogP contribution in [0.3, 0.4) is 0 Å². The topological polar surface area (TPSA) is 102 Å². The van der Waals surface area contributed by atoms with Crippen LogP contribution in [-0.2, 0) is 8.92 Å². The van der Waals surface area contributed by atoms with Gasteiger partial charge in [-0.05, 0) is 24.5 Å². The quantitative estimate of drug-likeness (QED) is 0.634. The van der Waals surface area contributed by atoms with E-state index in [1.807, 2.05) is 37.3 Å². The summed E-state index contributed by atoms with van der Waals surface area (Å²) in [7, 11) is 0. The second-order valence-electron chi connectivity index (χ2n) is 4.92. The zero-order valence-electron chi connectivity index (χ0n) is 11.5. The van der Waals surface area contributed by atoms with Crippen molar-refractivity contribution in [1.29, 1.82) is 0 Å². The van der Waals surface area contributed by atoms with Crippen LogP contribution in [0.25, 0.3) is 0 Å². The number of aliphatic hydroxyl groups excluding tert-OH is 3. The van der Waals surface area contributed by atoms with Crippen LogP contribution >= 0.6 is 12.0 Å². The Morgan fingerprint density at radius 2 is 1.95 bits per heavy atom. The second kappa shape index (κ2) is 7.55. The molecule has 1 aliphatic rings. The van der Waals surface area contributed by atoms with Gasteiger partial charge in [0.05, 0.1) is 11.9 Å². The number of rotatable bonds is 5. The molecule has 0 amide bonds. The molecule has 0 saturated carbocycles. The predicted octanol–water partition coefficient (Wildman–Crippen LogP) is -0.420. The molecule has 0 bridgehead atoms. The lowest BCUT2D eigenvalue weighted by Crippen LogP contribution is -2.62. The zero-order chi connectivity index (χ0) is 15.4. The molecule has 1 aliphatic heterocycles. The summed E-state index contributed by atoms with van der Waals surface area (Å²) in [5, 5.41) is 40.4. The standard InChI is InChI=1S/C14H19O6S/c1-8(9-5-3-2-4-6-9)21-20-13-12(17)11(16)10(7-15)19-14(13)18/h2-6,8,10-17H,7H2,1H3/q-1/t8?,10-,11+,12+,13-,14-/m1/s1. The molecule has 118 valence electrons. The molecule has 1 aromatic carbocycles. The van der Waals surface area contributed by atoms with Gasteiger partial charge in [0.2, 0.25) is 0 Å². The van der Waals surface area contributed by atoms with Crippen molar-refractivity contribution in [2.45, 2.75) is 42.9 Å². The molecule has 1 saturated heterocycles. The van der Waals surface area contributed by atoms with Crippen LogP contribution in [0.1, 0.15) is 17.7 Å². The fourth-order valence-electron chi connectivity index (χ4n) is 2.09. The Morgan fingerprint density at radius 3 is 2.57 bits per heavy atom. The number of ether oxygens (including phenoxy) is 1. The smallest absolute Gasteiger partial charge is 0.112 e. The highest BCUT2D eigenvalue weighted by Gasteiger charge is 2.41. The number of aliphatic hydroxyl groups is 3. The maximum absolute atomic E-state index is 11.8. The monoisotopic (exact) mass is 315 g/mol. The van der Waals surface area contributed by atoms with E-state index in [0.29, 0.717) is 0 Å². The Hall–Kier alpha value is -0.670. The first kappa shape index (κ1) is 16.7. The molecular formula is C14H19O6S-. The van der Waals surface area contributed by atoms with Crippen molar-refractivity contribution >= 4 is 12.0 Å². The van der Waals surface area contributed by atoms with Gasteiger partial charge >= 0.3 is 0 Å². The first-order valence-corrected chi connectivity index (χ1v) is 7.50. The fraction of sp³-hybridized carbons (Fsp3) is 0.571. The highest BCUT2D eigenvalue weighted by molar-refractivity contribution is 7.94. The first-order valence-electron chi connectivity index (χ1n) is 6.70. The van der Waals surface area contributed by atoms with Crippen LogP contribution in [0.5, 0.6) is 0 Å². The molecule has 6 nitrogen and oxygen atoms in total. The van der Waals surface area contributed by atoms with E-state index in [4.69, 9.17) is 14.0 Å². The average Bonchev–Trinajstić information content (AvgIpc) is 2.51. The Bertz CT molecular complexity index is 431. The van der Waals surface area contributed by atoms with E-state index in [1.54, 1.807) is 0 Å². The second-order valence-corrected chi connectivity index (χ2v) is 6.01. The summed E-state index contributed by atoms with van der Waals surface area (Å²) in [5.41, 5.74) is 1.02. The molecule has 1 unspecified atom stereocenters. The predicted molar refractivity (Wildman–Crippen MR) is 75.1 cm³/mol. The molecule has 0 radical (unpaired) electrons. The molecule has 6 atom stereocenters. The first-order chi connectivity index (χ1) is 10.0.